The van der Waals surface area contributed by atoms with Crippen molar-refractivity contribution in [1.82, 2.24) is 9.66 Å². The van der Waals surface area contributed by atoms with Crippen LogP contribution in [-0.4, -0.2) is 41.7 Å². The first-order chi connectivity index (χ1) is 16.6. The van der Waals surface area contributed by atoms with E-state index in [4.69, 9.17) is 30.8 Å². The van der Waals surface area contributed by atoms with Gasteiger partial charge in [-0.1, -0.05) is 41.4 Å². The van der Waals surface area contributed by atoms with Crippen LogP contribution in [0, 0.1) is 0 Å². The minimum absolute atomic E-state index is 0.00684. The molecule has 3 rings (SSSR count). The van der Waals surface area contributed by atoms with Crippen LogP contribution in [0.15, 0.2) is 44.7 Å². The highest BCUT2D eigenvalue weighted by Gasteiger charge is 2.17. The molecule has 0 unspecified atom stereocenters. The molecule has 0 fully saturated rings. The van der Waals surface area contributed by atoms with E-state index in [-0.39, 0.29) is 35.0 Å². The first-order valence-corrected chi connectivity index (χ1v) is 12.3. The maximum Gasteiger partial charge on any atom is 0.344 e. The standard InChI is InChI=1S/C25H27BrClN3O5/c1-6-15(4)24-29-20-8-7-17(26)11-18(20)25(32)30(24)28-12-16-9-19(27)23(21(10-16)33-5)34-13-22(31)35-14(2)3/h7-12,14-15H,6,13H2,1-5H3/t15-/m0/s1. The molecule has 35 heavy (non-hydrogen) atoms. The minimum Gasteiger partial charge on any atom is -0.493 e. The normalized spacial score (nSPS) is 12.3. The largest absolute Gasteiger partial charge is 0.493 e. The summed E-state index contributed by atoms with van der Waals surface area (Å²) in [5, 5.41) is 5.13. The van der Waals surface area contributed by atoms with Crippen LogP contribution in [0.4, 0.5) is 0 Å². The third kappa shape index (κ3) is 6.41. The van der Waals surface area contributed by atoms with Crippen molar-refractivity contribution < 1.29 is 19.0 Å². The van der Waals surface area contributed by atoms with Crippen molar-refractivity contribution in [3.05, 3.63) is 61.6 Å². The lowest BCUT2D eigenvalue weighted by Crippen LogP contribution is -2.23. The lowest BCUT2D eigenvalue weighted by atomic mass is 10.1. The number of esters is 1. The zero-order valence-electron chi connectivity index (χ0n) is 20.2. The van der Waals surface area contributed by atoms with E-state index in [1.165, 1.54) is 18.0 Å². The van der Waals surface area contributed by atoms with E-state index in [2.05, 4.69) is 21.0 Å². The molecule has 8 nitrogen and oxygen atoms in total. The van der Waals surface area contributed by atoms with Gasteiger partial charge in [0, 0.05) is 10.4 Å². The summed E-state index contributed by atoms with van der Waals surface area (Å²) in [4.78, 5) is 29.8. The molecule has 1 atom stereocenters. The first-order valence-electron chi connectivity index (χ1n) is 11.1. The second-order valence-corrected chi connectivity index (χ2v) is 9.49. The number of hydrogen-bond acceptors (Lipinski definition) is 7. The summed E-state index contributed by atoms with van der Waals surface area (Å²) in [7, 11) is 1.46. The monoisotopic (exact) mass is 563 g/mol. The lowest BCUT2D eigenvalue weighted by Gasteiger charge is -2.15. The van der Waals surface area contributed by atoms with E-state index >= 15 is 0 Å². The predicted octanol–water partition coefficient (Wildman–Crippen LogP) is 5.55. The Labute approximate surface area is 217 Å². The van der Waals surface area contributed by atoms with Crippen molar-refractivity contribution in [2.75, 3.05) is 13.7 Å². The summed E-state index contributed by atoms with van der Waals surface area (Å²) in [6, 6.07) is 8.64. The molecule has 186 valence electrons. The molecule has 0 N–H and O–H groups in total. The molecule has 0 saturated carbocycles. The molecule has 0 spiro atoms. The predicted molar refractivity (Wildman–Crippen MR) is 140 cm³/mol. The highest BCUT2D eigenvalue weighted by molar-refractivity contribution is 9.10. The minimum atomic E-state index is -0.517. The lowest BCUT2D eigenvalue weighted by molar-refractivity contribution is -0.149. The van der Waals surface area contributed by atoms with Crippen LogP contribution >= 0.6 is 27.5 Å². The number of rotatable bonds is 9. The number of nitrogens with zero attached hydrogens (tertiary/aromatic N) is 3. The van der Waals surface area contributed by atoms with E-state index in [1.807, 2.05) is 19.9 Å². The van der Waals surface area contributed by atoms with Gasteiger partial charge in [-0.05, 0) is 56.2 Å². The number of carbonyl (C=O) groups excluding carboxylic acids is 1. The van der Waals surface area contributed by atoms with Crippen LogP contribution in [0.5, 0.6) is 11.5 Å². The van der Waals surface area contributed by atoms with Crippen molar-refractivity contribution in [1.29, 1.82) is 0 Å². The maximum absolute atomic E-state index is 13.3. The van der Waals surface area contributed by atoms with Gasteiger partial charge in [-0.3, -0.25) is 4.79 Å². The van der Waals surface area contributed by atoms with Crippen LogP contribution in [0.2, 0.25) is 5.02 Å². The van der Waals surface area contributed by atoms with Crippen molar-refractivity contribution >= 4 is 50.6 Å². The number of benzene rings is 2. The number of hydrogen-bond donors (Lipinski definition) is 0. The van der Waals surface area contributed by atoms with Crippen molar-refractivity contribution in [2.24, 2.45) is 5.10 Å². The van der Waals surface area contributed by atoms with Crippen molar-refractivity contribution in [3.8, 4) is 11.5 Å². The van der Waals surface area contributed by atoms with Gasteiger partial charge in [-0.15, -0.1) is 0 Å². The van der Waals surface area contributed by atoms with Gasteiger partial charge in [0.25, 0.3) is 5.56 Å². The molecule has 0 saturated heterocycles. The fraction of sp³-hybridized carbons (Fsp3) is 0.360. The number of methoxy groups -OCH3 is 1. The van der Waals surface area contributed by atoms with Gasteiger partial charge in [0.15, 0.2) is 18.1 Å². The van der Waals surface area contributed by atoms with E-state index in [1.54, 1.807) is 38.1 Å². The van der Waals surface area contributed by atoms with Gasteiger partial charge in [0.05, 0.1) is 35.4 Å². The Morgan fingerprint density at radius 3 is 2.66 bits per heavy atom. The van der Waals surface area contributed by atoms with Crippen LogP contribution in [0.25, 0.3) is 10.9 Å². The van der Waals surface area contributed by atoms with Gasteiger partial charge in [0.1, 0.15) is 5.82 Å². The number of carbonyl (C=O) groups is 1. The van der Waals surface area contributed by atoms with Crippen molar-refractivity contribution in [3.63, 3.8) is 0 Å². The van der Waals surface area contributed by atoms with E-state index in [9.17, 15) is 9.59 Å². The number of halogens is 2. The molecule has 1 aromatic heterocycles. The fourth-order valence-electron chi connectivity index (χ4n) is 3.29. The molecule has 3 aromatic rings. The maximum atomic E-state index is 13.3. The fourth-order valence-corrected chi connectivity index (χ4v) is 3.92. The summed E-state index contributed by atoms with van der Waals surface area (Å²) in [5.74, 6) is 0.571. The second kappa shape index (κ2) is 11.7. The Bertz CT molecular complexity index is 1320. The quantitative estimate of drug-likeness (QED) is 0.250. The first kappa shape index (κ1) is 26.7. The molecule has 0 aliphatic carbocycles. The van der Waals surface area contributed by atoms with Crippen molar-refractivity contribution in [2.45, 2.75) is 46.1 Å². The topological polar surface area (TPSA) is 92.0 Å². The summed E-state index contributed by atoms with van der Waals surface area (Å²) in [6.45, 7) is 7.21. The molecular weight excluding hydrogens is 538 g/mol. The van der Waals surface area contributed by atoms with Crippen LogP contribution < -0.4 is 15.0 Å². The SMILES string of the molecule is CC[C@H](C)c1nc2ccc(Br)cc2c(=O)n1N=Cc1cc(Cl)c(OCC(=O)OC(C)C)c(OC)c1. The smallest absolute Gasteiger partial charge is 0.344 e. The molecule has 0 aliphatic heterocycles. The summed E-state index contributed by atoms with van der Waals surface area (Å²) < 4.78 is 18.1. The van der Waals surface area contributed by atoms with Crippen LogP contribution in [0.1, 0.15) is 51.4 Å². The molecule has 0 amide bonds. The summed E-state index contributed by atoms with van der Waals surface area (Å²) in [5.41, 5.74) is 0.909. The Morgan fingerprint density at radius 2 is 2.00 bits per heavy atom. The summed E-state index contributed by atoms with van der Waals surface area (Å²) >= 11 is 9.82. The molecule has 1 heterocycles. The Kier molecular flexibility index (Phi) is 8.91. The Morgan fingerprint density at radius 1 is 1.26 bits per heavy atom. The van der Waals surface area contributed by atoms with Gasteiger partial charge in [0.2, 0.25) is 0 Å². The van der Waals surface area contributed by atoms with E-state index < -0.39 is 5.97 Å². The molecular formula is C25H27BrClN3O5. The number of ether oxygens (including phenoxy) is 3. The molecule has 0 radical (unpaired) electrons. The molecule has 2 aromatic carbocycles. The van der Waals surface area contributed by atoms with Gasteiger partial charge < -0.3 is 14.2 Å². The molecule has 10 heteroatoms. The number of fused-ring (bicyclic) bond motifs is 1. The number of aromatic nitrogens is 2. The molecule has 0 aliphatic rings. The van der Waals surface area contributed by atoms with Crippen LogP contribution in [-0.2, 0) is 9.53 Å². The Hall–Kier alpha value is -2.91. The second-order valence-electron chi connectivity index (χ2n) is 8.16. The van der Waals surface area contributed by atoms with Gasteiger partial charge in [-0.2, -0.15) is 9.78 Å². The van der Waals surface area contributed by atoms with E-state index in [0.29, 0.717) is 28.0 Å². The highest BCUT2D eigenvalue weighted by Crippen LogP contribution is 2.36. The van der Waals surface area contributed by atoms with Crippen LogP contribution in [0.3, 0.4) is 0 Å². The average molecular weight is 565 g/mol. The highest BCUT2D eigenvalue weighted by atomic mass is 79.9. The van der Waals surface area contributed by atoms with Gasteiger partial charge >= 0.3 is 5.97 Å². The summed E-state index contributed by atoms with van der Waals surface area (Å²) in [6.07, 6.45) is 2.04. The third-order valence-corrected chi connectivity index (χ3v) is 5.94. The molecule has 0 bridgehead atoms. The third-order valence-electron chi connectivity index (χ3n) is 5.16. The zero-order chi connectivity index (χ0) is 25.7. The Balaban J connectivity index is 1.99. The zero-order valence-corrected chi connectivity index (χ0v) is 22.5. The average Bonchev–Trinajstić information content (AvgIpc) is 2.81. The van der Waals surface area contributed by atoms with Gasteiger partial charge in [-0.25, -0.2) is 9.78 Å². The van der Waals surface area contributed by atoms with E-state index in [0.717, 1.165) is 10.9 Å².